The first kappa shape index (κ1) is 12.7. The van der Waals surface area contributed by atoms with Gasteiger partial charge in [0.1, 0.15) is 5.54 Å². The van der Waals surface area contributed by atoms with Crippen LogP contribution in [0.25, 0.3) is 0 Å². The van der Waals surface area contributed by atoms with Gasteiger partial charge >= 0.3 is 5.97 Å². The van der Waals surface area contributed by atoms with Crippen LogP contribution in [0.2, 0.25) is 0 Å². The van der Waals surface area contributed by atoms with Gasteiger partial charge in [-0.05, 0) is 18.9 Å². The first-order valence-electron chi connectivity index (χ1n) is 4.42. The van der Waals surface area contributed by atoms with Crippen molar-refractivity contribution in [2.24, 2.45) is 5.92 Å². The molecule has 0 aliphatic carbocycles. The lowest BCUT2D eigenvalue weighted by molar-refractivity contribution is -0.158. The van der Waals surface area contributed by atoms with Crippen molar-refractivity contribution in [2.45, 2.75) is 26.3 Å². The van der Waals surface area contributed by atoms with Crippen molar-refractivity contribution in [3.05, 3.63) is 12.7 Å². The molecule has 0 spiro atoms. The molecular weight excluding hydrogens is 182 g/mol. The van der Waals surface area contributed by atoms with Gasteiger partial charge in [0.25, 0.3) is 0 Å². The van der Waals surface area contributed by atoms with Gasteiger partial charge in [-0.1, -0.05) is 20.4 Å². The molecular formula is C10H17NO3. The molecule has 0 saturated carbocycles. The van der Waals surface area contributed by atoms with Crippen LogP contribution in [0.1, 0.15) is 20.8 Å². The van der Waals surface area contributed by atoms with Crippen molar-refractivity contribution in [1.82, 2.24) is 4.90 Å². The summed E-state index contributed by atoms with van der Waals surface area (Å²) in [5, 5.41) is 9.09. The average Bonchev–Trinajstić information content (AvgIpc) is 2.13. The van der Waals surface area contributed by atoms with Crippen LogP contribution >= 0.6 is 0 Å². The van der Waals surface area contributed by atoms with Gasteiger partial charge in [-0.3, -0.25) is 4.79 Å². The average molecular weight is 199 g/mol. The zero-order chi connectivity index (χ0) is 11.5. The molecule has 0 aliphatic heterocycles. The second kappa shape index (κ2) is 4.26. The maximum absolute atomic E-state index is 11.3. The number of carboxylic acid groups (broad SMARTS) is 1. The summed E-state index contributed by atoms with van der Waals surface area (Å²) < 4.78 is 0. The lowest BCUT2D eigenvalue weighted by Crippen LogP contribution is -2.56. The summed E-state index contributed by atoms with van der Waals surface area (Å²) in [5.41, 5.74) is -1.19. The topological polar surface area (TPSA) is 57.6 Å². The van der Waals surface area contributed by atoms with Crippen LogP contribution in [0.15, 0.2) is 12.7 Å². The Morgan fingerprint density at radius 1 is 1.50 bits per heavy atom. The van der Waals surface area contributed by atoms with Crippen molar-refractivity contribution < 1.29 is 14.7 Å². The third-order valence-electron chi connectivity index (χ3n) is 2.76. The highest BCUT2D eigenvalue weighted by Gasteiger charge is 2.42. The number of carbonyl (C=O) groups is 2. The van der Waals surface area contributed by atoms with Gasteiger partial charge in [0, 0.05) is 7.05 Å². The zero-order valence-electron chi connectivity index (χ0n) is 9.07. The highest BCUT2D eigenvalue weighted by atomic mass is 16.4. The Labute approximate surface area is 84.2 Å². The van der Waals surface area contributed by atoms with E-state index in [2.05, 4.69) is 6.58 Å². The van der Waals surface area contributed by atoms with E-state index in [1.54, 1.807) is 13.8 Å². The summed E-state index contributed by atoms with van der Waals surface area (Å²) in [6.45, 7) is 8.39. The molecule has 0 aromatic rings. The van der Waals surface area contributed by atoms with Crippen molar-refractivity contribution in [1.29, 1.82) is 0 Å². The molecule has 0 saturated heterocycles. The van der Waals surface area contributed by atoms with Crippen molar-refractivity contribution >= 4 is 11.9 Å². The number of hydrogen-bond donors (Lipinski definition) is 1. The van der Waals surface area contributed by atoms with Gasteiger partial charge in [0.2, 0.25) is 5.91 Å². The predicted molar refractivity (Wildman–Crippen MR) is 53.8 cm³/mol. The Morgan fingerprint density at radius 2 is 1.93 bits per heavy atom. The van der Waals surface area contributed by atoms with Crippen LogP contribution in [0.5, 0.6) is 0 Å². The third-order valence-corrected chi connectivity index (χ3v) is 2.76. The van der Waals surface area contributed by atoms with E-state index in [0.717, 1.165) is 6.08 Å². The molecule has 1 N–H and O–H groups in total. The van der Waals surface area contributed by atoms with Crippen LogP contribution in [0.4, 0.5) is 0 Å². The molecule has 14 heavy (non-hydrogen) atoms. The predicted octanol–water partition coefficient (Wildman–Crippen LogP) is 1.13. The van der Waals surface area contributed by atoms with Gasteiger partial charge in [0.15, 0.2) is 0 Å². The molecule has 0 bridgehead atoms. The number of nitrogens with zero attached hydrogens (tertiary/aromatic N) is 1. The highest BCUT2D eigenvalue weighted by molar-refractivity contribution is 5.92. The highest BCUT2D eigenvalue weighted by Crippen LogP contribution is 2.23. The number of carbonyl (C=O) groups excluding carboxylic acids is 1. The molecule has 0 heterocycles. The Hall–Kier alpha value is -1.32. The van der Waals surface area contributed by atoms with Crippen LogP contribution in [-0.4, -0.2) is 34.5 Å². The Balaban J connectivity index is 5.11. The van der Waals surface area contributed by atoms with E-state index >= 15 is 0 Å². The quantitative estimate of drug-likeness (QED) is 0.690. The fraction of sp³-hybridized carbons (Fsp3) is 0.600. The van der Waals surface area contributed by atoms with Crippen LogP contribution in [0.3, 0.4) is 0 Å². The van der Waals surface area contributed by atoms with E-state index in [-0.39, 0.29) is 11.8 Å². The summed E-state index contributed by atoms with van der Waals surface area (Å²) in [6.07, 6.45) is 1.11. The van der Waals surface area contributed by atoms with Crippen LogP contribution in [-0.2, 0) is 9.59 Å². The fourth-order valence-corrected chi connectivity index (χ4v) is 1.14. The maximum atomic E-state index is 11.3. The standard InChI is InChI=1S/C10H17NO3/c1-6-8(12)11(5)10(4,7(2)3)9(13)14/h6-7H,1H2,2-5H3,(H,13,14). The number of hydrogen-bond acceptors (Lipinski definition) is 2. The smallest absolute Gasteiger partial charge is 0.329 e. The second-order valence-corrected chi connectivity index (χ2v) is 3.71. The second-order valence-electron chi connectivity index (χ2n) is 3.71. The molecule has 1 atom stereocenters. The molecule has 0 aromatic carbocycles. The van der Waals surface area contributed by atoms with Gasteiger partial charge in [-0.2, -0.15) is 0 Å². The van der Waals surface area contributed by atoms with E-state index in [4.69, 9.17) is 5.11 Å². The van der Waals surface area contributed by atoms with E-state index in [9.17, 15) is 9.59 Å². The minimum atomic E-state index is -1.19. The molecule has 0 rings (SSSR count). The summed E-state index contributed by atoms with van der Waals surface area (Å²) >= 11 is 0. The first-order chi connectivity index (χ1) is 6.28. The molecule has 80 valence electrons. The number of amides is 1. The molecule has 1 unspecified atom stereocenters. The van der Waals surface area contributed by atoms with Gasteiger partial charge < -0.3 is 10.0 Å². The minimum Gasteiger partial charge on any atom is -0.479 e. The van der Waals surface area contributed by atoms with Crippen molar-refractivity contribution in [2.75, 3.05) is 7.05 Å². The van der Waals surface area contributed by atoms with Crippen LogP contribution < -0.4 is 0 Å². The van der Waals surface area contributed by atoms with Gasteiger partial charge in [-0.25, -0.2) is 4.79 Å². The van der Waals surface area contributed by atoms with Crippen LogP contribution in [0, 0.1) is 5.92 Å². The Morgan fingerprint density at radius 3 is 2.14 bits per heavy atom. The van der Waals surface area contributed by atoms with Crippen molar-refractivity contribution in [3.63, 3.8) is 0 Å². The summed E-state index contributed by atoms with van der Waals surface area (Å²) in [5.74, 6) is -1.57. The zero-order valence-corrected chi connectivity index (χ0v) is 9.07. The van der Waals surface area contributed by atoms with Gasteiger partial charge in [0.05, 0.1) is 0 Å². The molecule has 0 fully saturated rings. The normalized spacial score (nSPS) is 14.6. The van der Waals surface area contributed by atoms with Crippen molar-refractivity contribution in [3.8, 4) is 0 Å². The van der Waals surface area contributed by atoms with E-state index in [1.165, 1.54) is 18.9 Å². The monoisotopic (exact) mass is 199 g/mol. The maximum Gasteiger partial charge on any atom is 0.329 e. The Kier molecular flexibility index (Phi) is 3.86. The van der Waals surface area contributed by atoms with E-state index in [1.807, 2.05) is 0 Å². The molecule has 4 nitrogen and oxygen atoms in total. The number of aliphatic carboxylic acids is 1. The minimum absolute atomic E-state index is 0.172. The number of rotatable bonds is 4. The molecule has 0 radical (unpaired) electrons. The summed E-state index contributed by atoms with van der Waals surface area (Å²) in [6, 6.07) is 0. The summed E-state index contributed by atoms with van der Waals surface area (Å²) in [7, 11) is 1.47. The summed E-state index contributed by atoms with van der Waals surface area (Å²) in [4.78, 5) is 23.6. The largest absolute Gasteiger partial charge is 0.479 e. The molecule has 0 aliphatic rings. The first-order valence-corrected chi connectivity index (χ1v) is 4.42. The Bertz CT molecular complexity index is 260. The van der Waals surface area contributed by atoms with Gasteiger partial charge in [-0.15, -0.1) is 0 Å². The fourth-order valence-electron chi connectivity index (χ4n) is 1.14. The molecule has 4 heteroatoms. The van der Waals surface area contributed by atoms with E-state index < -0.39 is 11.5 Å². The lowest BCUT2D eigenvalue weighted by atomic mass is 9.87. The SMILES string of the molecule is C=CC(=O)N(C)C(C)(C(=O)O)C(C)C. The molecule has 1 amide bonds. The number of likely N-dealkylation sites (N-methyl/N-ethyl adjacent to an activating group) is 1. The third kappa shape index (κ3) is 1.95. The number of carboxylic acids is 1. The lowest BCUT2D eigenvalue weighted by Gasteiger charge is -2.37. The molecule has 0 aromatic heterocycles. The van der Waals surface area contributed by atoms with E-state index in [0.29, 0.717) is 0 Å².